The standard InChI is InChI=1S/C19H19N7O3/c1-11-5-7-12(8-6-11)21-17-23-14(22-16(20)24-17)10-26-15(27)19(2,25-18(26)28)13-4-3-9-29-13/h3-9H,10H2,1-2H3,(H,25,28)(H3,20,21,22,23,24)/t19-/m1/s1. The smallest absolute Gasteiger partial charge is 0.325 e. The number of amides is 3. The van der Waals surface area contributed by atoms with Crippen LogP contribution in [0.4, 0.5) is 22.4 Å². The molecule has 1 aromatic carbocycles. The number of carbonyl (C=O) groups is 2. The van der Waals surface area contributed by atoms with E-state index < -0.39 is 17.5 Å². The van der Waals surface area contributed by atoms with E-state index in [1.54, 1.807) is 19.1 Å². The number of nitrogen functional groups attached to an aromatic ring is 1. The van der Waals surface area contributed by atoms with E-state index in [0.29, 0.717) is 5.76 Å². The van der Waals surface area contributed by atoms with E-state index in [1.807, 2.05) is 31.2 Å². The predicted molar refractivity (Wildman–Crippen MR) is 104 cm³/mol. The molecule has 0 spiro atoms. The molecule has 2 aromatic heterocycles. The summed E-state index contributed by atoms with van der Waals surface area (Å²) in [5, 5.41) is 5.69. The Morgan fingerprint density at radius 2 is 1.93 bits per heavy atom. The maximum Gasteiger partial charge on any atom is 0.325 e. The highest BCUT2D eigenvalue weighted by Crippen LogP contribution is 2.29. The van der Waals surface area contributed by atoms with Crippen LogP contribution in [0.25, 0.3) is 0 Å². The van der Waals surface area contributed by atoms with Crippen LogP contribution < -0.4 is 16.4 Å². The van der Waals surface area contributed by atoms with Gasteiger partial charge < -0.3 is 20.8 Å². The Morgan fingerprint density at radius 1 is 1.17 bits per heavy atom. The van der Waals surface area contributed by atoms with Crippen molar-refractivity contribution in [2.75, 3.05) is 11.1 Å². The highest BCUT2D eigenvalue weighted by Gasteiger charge is 2.51. The lowest BCUT2D eigenvalue weighted by molar-refractivity contribution is -0.132. The molecule has 1 fully saturated rings. The van der Waals surface area contributed by atoms with Gasteiger partial charge in [-0.05, 0) is 38.1 Å². The highest BCUT2D eigenvalue weighted by molar-refractivity contribution is 6.06. The lowest BCUT2D eigenvalue weighted by atomic mass is 9.99. The van der Waals surface area contributed by atoms with Crippen molar-refractivity contribution >= 4 is 29.5 Å². The molecule has 0 unspecified atom stereocenters. The summed E-state index contributed by atoms with van der Waals surface area (Å²) in [6.45, 7) is 3.41. The first-order valence-electron chi connectivity index (χ1n) is 8.87. The van der Waals surface area contributed by atoms with Crippen LogP contribution in [0, 0.1) is 6.92 Å². The minimum absolute atomic E-state index is 0.0227. The van der Waals surface area contributed by atoms with E-state index in [9.17, 15) is 9.59 Å². The number of carbonyl (C=O) groups excluding carboxylic acids is 2. The van der Waals surface area contributed by atoms with Crippen LogP contribution in [0.3, 0.4) is 0 Å². The van der Waals surface area contributed by atoms with E-state index in [4.69, 9.17) is 10.2 Å². The van der Waals surface area contributed by atoms with Gasteiger partial charge in [-0.3, -0.25) is 9.69 Å². The third kappa shape index (κ3) is 3.47. The molecule has 29 heavy (non-hydrogen) atoms. The highest BCUT2D eigenvalue weighted by atomic mass is 16.3. The maximum absolute atomic E-state index is 12.9. The number of imide groups is 1. The average Bonchev–Trinajstić information content (AvgIpc) is 3.28. The van der Waals surface area contributed by atoms with Gasteiger partial charge in [-0.25, -0.2) is 4.79 Å². The number of aryl methyl sites for hydroxylation is 1. The van der Waals surface area contributed by atoms with Gasteiger partial charge in [0.2, 0.25) is 11.9 Å². The van der Waals surface area contributed by atoms with Crippen LogP contribution in [0.2, 0.25) is 0 Å². The van der Waals surface area contributed by atoms with Crippen molar-refractivity contribution in [3.05, 3.63) is 59.8 Å². The lowest BCUT2D eigenvalue weighted by Crippen LogP contribution is -2.40. The molecule has 3 heterocycles. The fourth-order valence-electron chi connectivity index (χ4n) is 3.04. The van der Waals surface area contributed by atoms with Gasteiger partial charge in [-0.15, -0.1) is 0 Å². The van der Waals surface area contributed by atoms with Gasteiger partial charge in [0.05, 0.1) is 12.8 Å². The lowest BCUT2D eigenvalue weighted by Gasteiger charge is -2.18. The van der Waals surface area contributed by atoms with Crippen LogP contribution in [-0.4, -0.2) is 31.8 Å². The van der Waals surface area contributed by atoms with E-state index >= 15 is 0 Å². The molecule has 0 radical (unpaired) electrons. The molecule has 4 rings (SSSR count). The van der Waals surface area contributed by atoms with Crippen LogP contribution in [-0.2, 0) is 16.9 Å². The molecule has 3 amide bonds. The molecule has 10 nitrogen and oxygen atoms in total. The van der Waals surface area contributed by atoms with Gasteiger partial charge >= 0.3 is 6.03 Å². The number of nitrogens with one attached hydrogen (secondary N) is 2. The third-order valence-corrected chi connectivity index (χ3v) is 4.60. The zero-order valence-corrected chi connectivity index (χ0v) is 15.8. The fourth-order valence-corrected chi connectivity index (χ4v) is 3.04. The maximum atomic E-state index is 12.9. The number of nitrogens with two attached hydrogens (primary N) is 1. The van der Waals surface area contributed by atoms with Crippen molar-refractivity contribution < 1.29 is 14.0 Å². The van der Waals surface area contributed by atoms with Crippen molar-refractivity contribution in [1.29, 1.82) is 0 Å². The third-order valence-electron chi connectivity index (χ3n) is 4.60. The number of anilines is 3. The Hall–Kier alpha value is -3.95. The van der Waals surface area contributed by atoms with Crippen LogP contribution >= 0.6 is 0 Å². The van der Waals surface area contributed by atoms with Crippen molar-refractivity contribution in [3.8, 4) is 0 Å². The summed E-state index contributed by atoms with van der Waals surface area (Å²) in [5.74, 6) is 0.252. The molecular weight excluding hydrogens is 374 g/mol. The number of aromatic nitrogens is 3. The van der Waals surface area contributed by atoms with E-state index in [1.165, 1.54) is 6.26 Å². The molecule has 0 bridgehead atoms. The summed E-state index contributed by atoms with van der Waals surface area (Å²) in [4.78, 5) is 38.7. The van der Waals surface area contributed by atoms with Gasteiger partial charge in [-0.1, -0.05) is 17.7 Å². The first kappa shape index (κ1) is 18.4. The number of urea groups is 1. The van der Waals surface area contributed by atoms with Gasteiger partial charge in [-0.2, -0.15) is 15.0 Å². The first-order valence-corrected chi connectivity index (χ1v) is 8.87. The van der Waals surface area contributed by atoms with Crippen LogP contribution in [0.5, 0.6) is 0 Å². The summed E-state index contributed by atoms with van der Waals surface area (Å²) < 4.78 is 5.32. The molecule has 1 aliphatic heterocycles. The Balaban J connectivity index is 1.56. The summed E-state index contributed by atoms with van der Waals surface area (Å²) >= 11 is 0. The molecule has 148 valence electrons. The Labute approximate surface area is 166 Å². The largest absolute Gasteiger partial charge is 0.466 e. The number of hydrogen-bond donors (Lipinski definition) is 3. The van der Waals surface area contributed by atoms with E-state index in [0.717, 1.165) is 16.2 Å². The molecule has 0 saturated carbocycles. The zero-order chi connectivity index (χ0) is 20.6. The van der Waals surface area contributed by atoms with Crippen molar-refractivity contribution in [2.24, 2.45) is 0 Å². The number of hydrogen-bond acceptors (Lipinski definition) is 8. The minimum atomic E-state index is -1.29. The quantitative estimate of drug-likeness (QED) is 0.560. The van der Waals surface area contributed by atoms with Crippen LogP contribution in [0.1, 0.15) is 24.1 Å². The minimum Gasteiger partial charge on any atom is -0.466 e. The molecule has 10 heteroatoms. The summed E-state index contributed by atoms with van der Waals surface area (Å²) in [7, 11) is 0. The summed E-state index contributed by atoms with van der Waals surface area (Å²) in [5.41, 5.74) is 6.39. The van der Waals surface area contributed by atoms with Gasteiger partial charge in [0, 0.05) is 5.69 Å². The van der Waals surface area contributed by atoms with Gasteiger partial charge in [0.25, 0.3) is 5.91 Å². The summed E-state index contributed by atoms with van der Waals surface area (Å²) in [6.07, 6.45) is 1.44. The van der Waals surface area contributed by atoms with Crippen molar-refractivity contribution in [1.82, 2.24) is 25.2 Å². The van der Waals surface area contributed by atoms with Crippen molar-refractivity contribution in [2.45, 2.75) is 25.9 Å². The second kappa shape index (κ2) is 6.89. The molecule has 4 N–H and O–H groups in total. The molecule has 3 aromatic rings. The van der Waals surface area contributed by atoms with E-state index in [-0.39, 0.29) is 24.3 Å². The van der Waals surface area contributed by atoms with Crippen molar-refractivity contribution in [3.63, 3.8) is 0 Å². The molecular formula is C19H19N7O3. The van der Waals surface area contributed by atoms with Gasteiger partial charge in [0.15, 0.2) is 11.4 Å². The Bertz CT molecular complexity index is 1070. The van der Waals surface area contributed by atoms with Crippen LogP contribution in [0.15, 0.2) is 47.1 Å². The number of rotatable bonds is 5. The SMILES string of the molecule is Cc1ccc(Nc2nc(N)nc(CN3C(=O)N[C@](C)(c4ccco4)C3=O)n2)cc1. The number of nitrogens with zero attached hydrogens (tertiary/aromatic N) is 4. The van der Waals surface area contributed by atoms with E-state index in [2.05, 4.69) is 25.6 Å². The van der Waals surface area contributed by atoms with Gasteiger partial charge in [0.1, 0.15) is 5.76 Å². The molecule has 1 aliphatic rings. The molecule has 1 atom stereocenters. The Kier molecular flexibility index (Phi) is 4.38. The molecule has 1 saturated heterocycles. The first-order chi connectivity index (χ1) is 13.8. The summed E-state index contributed by atoms with van der Waals surface area (Å²) in [6, 6.07) is 10.3. The second-order valence-corrected chi connectivity index (χ2v) is 6.85. The topological polar surface area (TPSA) is 139 Å². The predicted octanol–water partition coefficient (Wildman–Crippen LogP) is 2.07. The number of benzene rings is 1. The number of furan rings is 1. The second-order valence-electron chi connectivity index (χ2n) is 6.85. The fraction of sp³-hybridized carbons (Fsp3) is 0.211. The average molecular weight is 393 g/mol. The monoisotopic (exact) mass is 393 g/mol. The zero-order valence-electron chi connectivity index (χ0n) is 15.8. The molecule has 0 aliphatic carbocycles. The Morgan fingerprint density at radius 3 is 2.62 bits per heavy atom. The normalized spacial score (nSPS) is 18.8.